The molecule has 0 unspecified atom stereocenters. The van der Waals surface area contributed by atoms with Gasteiger partial charge in [-0.05, 0) is 53.0 Å². The SMILES string of the molecule is CC1=C(c2cc3ccccc3cc2C(=N)C(C)(C)C)CC=C1. The number of allylic oxidation sites excluding steroid dienone is 4. The topological polar surface area (TPSA) is 23.9 Å². The van der Waals surface area contributed by atoms with Gasteiger partial charge in [-0.1, -0.05) is 57.2 Å². The number of benzene rings is 2. The molecule has 1 nitrogen and oxygen atoms in total. The van der Waals surface area contributed by atoms with Crippen LogP contribution in [0.5, 0.6) is 0 Å². The van der Waals surface area contributed by atoms with E-state index in [1.165, 1.54) is 27.5 Å². The molecule has 0 bridgehead atoms. The molecule has 2 aromatic carbocycles. The maximum absolute atomic E-state index is 8.68. The van der Waals surface area contributed by atoms with Gasteiger partial charge in [0.05, 0.1) is 0 Å². The second kappa shape index (κ2) is 5.24. The molecule has 0 atom stereocenters. The highest BCUT2D eigenvalue weighted by Crippen LogP contribution is 2.36. The predicted molar refractivity (Wildman–Crippen MR) is 96.6 cm³/mol. The van der Waals surface area contributed by atoms with Crippen LogP contribution >= 0.6 is 0 Å². The molecule has 0 saturated carbocycles. The highest BCUT2D eigenvalue weighted by atomic mass is 14.5. The van der Waals surface area contributed by atoms with Crippen LogP contribution in [0.3, 0.4) is 0 Å². The molecule has 1 aliphatic rings. The van der Waals surface area contributed by atoms with E-state index in [4.69, 9.17) is 5.41 Å². The van der Waals surface area contributed by atoms with E-state index in [1.54, 1.807) is 0 Å². The second-order valence-electron chi connectivity index (χ2n) is 7.14. The third-order valence-corrected chi connectivity index (χ3v) is 4.40. The van der Waals surface area contributed by atoms with Crippen LogP contribution in [-0.4, -0.2) is 5.71 Å². The molecule has 0 spiro atoms. The van der Waals surface area contributed by atoms with Gasteiger partial charge in [-0.3, -0.25) is 0 Å². The van der Waals surface area contributed by atoms with Gasteiger partial charge in [0, 0.05) is 16.7 Å². The maximum Gasteiger partial charge on any atom is 0.0445 e. The van der Waals surface area contributed by atoms with Crippen molar-refractivity contribution in [3.63, 3.8) is 0 Å². The van der Waals surface area contributed by atoms with E-state index < -0.39 is 0 Å². The Balaban J connectivity index is 2.28. The standard InChI is InChI=1S/C21H23N/c1-14-8-7-11-17(14)18-12-15-9-5-6-10-16(15)13-19(18)20(22)21(2,3)4/h5-10,12-13,22H,11H2,1-4H3. The van der Waals surface area contributed by atoms with Crippen LogP contribution in [0.15, 0.2) is 54.1 Å². The molecule has 0 aromatic heterocycles. The average molecular weight is 289 g/mol. The number of hydrogen-bond acceptors (Lipinski definition) is 1. The minimum absolute atomic E-state index is 0.155. The van der Waals surface area contributed by atoms with Crippen molar-refractivity contribution in [1.82, 2.24) is 0 Å². The quantitative estimate of drug-likeness (QED) is 0.657. The van der Waals surface area contributed by atoms with Crippen LogP contribution in [0.2, 0.25) is 0 Å². The monoisotopic (exact) mass is 289 g/mol. The Morgan fingerprint density at radius 1 is 1.05 bits per heavy atom. The summed E-state index contributed by atoms with van der Waals surface area (Å²) in [6.45, 7) is 8.51. The fraction of sp³-hybridized carbons (Fsp3) is 0.286. The molecule has 2 aromatic rings. The Morgan fingerprint density at radius 2 is 1.68 bits per heavy atom. The summed E-state index contributed by atoms with van der Waals surface area (Å²) >= 11 is 0. The first-order valence-electron chi connectivity index (χ1n) is 7.87. The molecule has 0 saturated heterocycles. The summed E-state index contributed by atoms with van der Waals surface area (Å²) in [4.78, 5) is 0. The normalized spacial score (nSPS) is 14.9. The Labute approximate surface area is 132 Å². The summed E-state index contributed by atoms with van der Waals surface area (Å²) in [5, 5.41) is 11.1. The van der Waals surface area contributed by atoms with E-state index in [1.807, 2.05) is 0 Å². The van der Waals surface area contributed by atoms with Gasteiger partial charge in [0.2, 0.25) is 0 Å². The minimum atomic E-state index is -0.155. The molecule has 0 heterocycles. The highest BCUT2D eigenvalue weighted by Gasteiger charge is 2.23. The van der Waals surface area contributed by atoms with Crippen molar-refractivity contribution in [3.8, 4) is 0 Å². The molecule has 22 heavy (non-hydrogen) atoms. The molecule has 0 fully saturated rings. The zero-order valence-electron chi connectivity index (χ0n) is 13.8. The number of hydrogen-bond donors (Lipinski definition) is 1. The van der Waals surface area contributed by atoms with Gasteiger partial charge in [0.25, 0.3) is 0 Å². The zero-order valence-corrected chi connectivity index (χ0v) is 13.8. The molecule has 0 amide bonds. The lowest BCUT2D eigenvalue weighted by Crippen LogP contribution is -2.21. The maximum atomic E-state index is 8.68. The molecule has 1 aliphatic carbocycles. The van der Waals surface area contributed by atoms with E-state index in [0.29, 0.717) is 5.71 Å². The van der Waals surface area contributed by atoms with Crippen molar-refractivity contribution in [2.45, 2.75) is 34.1 Å². The van der Waals surface area contributed by atoms with Crippen LogP contribution in [0, 0.1) is 10.8 Å². The Kier molecular flexibility index (Phi) is 3.52. The predicted octanol–water partition coefficient (Wildman–Crippen LogP) is 5.99. The van der Waals surface area contributed by atoms with Crippen LogP contribution in [-0.2, 0) is 0 Å². The van der Waals surface area contributed by atoms with Gasteiger partial charge in [-0.25, -0.2) is 0 Å². The minimum Gasteiger partial charge on any atom is -0.304 e. The van der Waals surface area contributed by atoms with Crippen molar-refractivity contribution in [1.29, 1.82) is 5.41 Å². The fourth-order valence-corrected chi connectivity index (χ4v) is 3.04. The van der Waals surface area contributed by atoms with Crippen LogP contribution < -0.4 is 0 Å². The summed E-state index contributed by atoms with van der Waals surface area (Å²) in [6, 6.07) is 12.9. The molecular weight excluding hydrogens is 266 g/mol. The second-order valence-corrected chi connectivity index (χ2v) is 7.14. The zero-order chi connectivity index (χ0) is 15.9. The first-order valence-corrected chi connectivity index (χ1v) is 7.87. The lowest BCUT2D eigenvalue weighted by atomic mass is 9.81. The molecular formula is C21H23N. The Morgan fingerprint density at radius 3 is 2.23 bits per heavy atom. The first kappa shape index (κ1) is 14.8. The Hall–Kier alpha value is -2.15. The van der Waals surface area contributed by atoms with E-state index in [0.717, 1.165) is 12.0 Å². The number of rotatable bonds is 2. The summed E-state index contributed by atoms with van der Waals surface area (Å²) in [7, 11) is 0. The largest absolute Gasteiger partial charge is 0.304 e. The van der Waals surface area contributed by atoms with Crippen molar-refractivity contribution in [3.05, 3.63) is 65.3 Å². The van der Waals surface area contributed by atoms with Gasteiger partial charge in [0.1, 0.15) is 0 Å². The van der Waals surface area contributed by atoms with Crippen molar-refractivity contribution < 1.29 is 0 Å². The molecule has 0 aliphatic heterocycles. The van der Waals surface area contributed by atoms with Gasteiger partial charge in [0.15, 0.2) is 0 Å². The van der Waals surface area contributed by atoms with Crippen molar-refractivity contribution >= 4 is 22.1 Å². The Bertz CT molecular complexity index is 813. The van der Waals surface area contributed by atoms with Gasteiger partial charge in [-0.2, -0.15) is 0 Å². The summed E-state index contributed by atoms with van der Waals surface area (Å²) in [5.74, 6) is 0. The van der Waals surface area contributed by atoms with E-state index in [-0.39, 0.29) is 5.41 Å². The first-order chi connectivity index (χ1) is 10.4. The summed E-state index contributed by atoms with van der Waals surface area (Å²) in [6.07, 6.45) is 5.37. The van der Waals surface area contributed by atoms with Crippen LogP contribution in [0.1, 0.15) is 45.2 Å². The van der Waals surface area contributed by atoms with Gasteiger partial charge in [-0.15, -0.1) is 0 Å². The van der Waals surface area contributed by atoms with Crippen LogP contribution in [0.4, 0.5) is 0 Å². The summed E-state index contributed by atoms with van der Waals surface area (Å²) < 4.78 is 0. The molecule has 3 rings (SSSR count). The van der Waals surface area contributed by atoms with Crippen molar-refractivity contribution in [2.75, 3.05) is 0 Å². The molecule has 1 N–H and O–H groups in total. The fourth-order valence-electron chi connectivity index (χ4n) is 3.04. The van der Waals surface area contributed by atoms with Gasteiger partial charge < -0.3 is 5.41 Å². The van der Waals surface area contributed by atoms with Gasteiger partial charge >= 0.3 is 0 Å². The van der Waals surface area contributed by atoms with E-state index in [2.05, 4.69) is 76.2 Å². The molecule has 1 heteroatoms. The van der Waals surface area contributed by atoms with Crippen molar-refractivity contribution in [2.24, 2.45) is 5.41 Å². The van der Waals surface area contributed by atoms with E-state index in [9.17, 15) is 0 Å². The summed E-state index contributed by atoms with van der Waals surface area (Å²) in [5.41, 5.74) is 5.52. The smallest absolute Gasteiger partial charge is 0.0445 e. The average Bonchev–Trinajstić information content (AvgIpc) is 2.90. The molecule has 112 valence electrons. The highest BCUT2D eigenvalue weighted by molar-refractivity contribution is 6.09. The van der Waals surface area contributed by atoms with Crippen LogP contribution in [0.25, 0.3) is 16.3 Å². The number of nitrogens with one attached hydrogen (secondary N) is 1. The lowest BCUT2D eigenvalue weighted by molar-refractivity contribution is 0.588. The lowest BCUT2D eigenvalue weighted by Gasteiger charge is -2.23. The number of fused-ring (bicyclic) bond motifs is 1. The van der Waals surface area contributed by atoms with E-state index >= 15 is 0 Å². The molecule has 0 radical (unpaired) electrons. The third kappa shape index (κ3) is 2.52. The third-order valence-electron chi connectivity index (χ3n) is 4.40.